The number of halogens is 3. The summed E-state index contributed by atoms with van der Waals surface area (Å²) in [4.78, 5) is 25.1. The fourth-order valence-electron chi connectivity index (χ4n) is 6.18. The molecule has 1 saturated heterocycles. The number of hydrogen-bond donors (Lipinski definition) is 1. The molecule has 1 aromatic carbocycles. The van der Waals surface area contributed by atoms with Crippen LogP contribution in [0.3, 0.4) is 0 Å². The standard InChI is InChI=1S/C19H34B13ClF2N4O/c20-14(21,22)8-4-36-12(37-5-8)15(23,24)38-6-13(35)16(25,26)18(29,30)39(19(31,32)17(13,27)28)11(40)7-1-2-10(34)9(33)3-7/h1-5,38H,6,20-32H2. The number of likely N-dealkylation sites (tertiary alicyclic amines) is 1. The highest BCUT2D eigenvalue weighted by atomic mass is 35.5. The second-order valence-electron chi connectivity index (χ2n) is 15.0. The van der Waals surface area contributed by atoms with Crippen LogP contribution in [0.5, 0.6) is 0 Å². The quantitative estimate of drug-likeness (QED) is 0.365. The first-order valence-electron chi connectivity index (χ1n) is 13.9. The SMILES string of the molecule is BC(B)(B)c1cnc(C(B)(B)NCC2(F)C(B)(B)C(B)(B)N(C(=O)c3ccc(F)c(Cl)c3)C(B)(B)C2(B)B)nc1. The number of alkyl halides is 1. The van der Waals surface area contributed by atoms with Crippen LogP contribution in [-0.4, -0.2) is 146 Å². The number of aromatic nitrogens is 2. The predicted molar refractivity (Wildman–Crippen MR) is 197 cm³/mol. The van der Waals surface area contributed by atoms with Crippen molar-refractivity contribution >= 4 is 120 Å². The molecule has 1 amide bonds. The van der Waals surface area contributed by atoms with Gasteiger partial charge in [-0.05, 0) is 44.9 Å². The van der Waals surface area contributed by atoms with Gasteiger partial charge < -0.3 is 10.2 Å². The van der Waals surface area contributed by atoms with Gasteiger partial charge in [0.2, 0.25) is 0 Å². The first-order chi connectivity index (χ1) is 17.9. The van der Waals surface area contributed by atoms with E-state index in [0.29, 0.717) is 5.82 Å². The zero-order valence-corrected chi connectivity index (χ0v) is 27.2. The molecule has 5 nitrogen and oxygen atoms in total. The van der Waals surface area contributed by atoms with Crippen LogP contribution in [0, 0.1) is 5.82 Å². The van der Waals surface area contributed by atoms with E-state index in [-0.39, 0.29) is 28.2 Å². The minimum Gasteiger partial charge on any atom is -0.361 e. The van der Waals surface area contributed by atoms with E-state index in [9.17, 15) is 9.18 Å². The Balaban J connectivity index is 2.04. The Hall–Kier alpha value is -1.28. The molecule has 2 heterocycles. The van der Waals surface area contributed by atoms with E-state index in [2.05, 4.69) is 38.8 Å². The molecule has 1 fully saturated rings. The van der Waals surface area contributed by atoms with Crippen molar-refractivity contribution in [1.29, 1.82) is 0 Å². The molecule has 1 aliphatic heterocycles. The molecule has 196 valence electrons. The molecule has 0 spiro atoms. The molecule has 40 heavy (non-hydrogen) atoms. The van der Waals surface area contributed by atoms with Crippen LogP contribution in [0.1, 0.15) is 21.7 Å². The summed E-state index contributed by atoms with van der Waals surface area (Å²) in [5.41, 5.74) is -0.493. The Labute approximate surface area is 254 Å². The lowest BCUT2D eigenvalue weighted by Crippen LogP contribution is -2.85. The summed E-state index contributed by atoms with van der Waals surface area (Å²) < 4.78 is 31.9. The number of benzene rings is 1. The van der Waals surface area contributed by atoms with Crippen LogP contribution >= 0.6 is 11.6 Å². The Bertz CT molecular complexity index is 1280. The van der Waals surface area contributed by atoms with Gasteiger partial charge in [0.1, 0.15) is 95.8 Å². The van der Waals surface area contributed by atoms with Gasteiger partial charge in [0.25, 0.3) is 5.91 Å². The average Bonchev–Trinajstić information content (AvgIpc) is 2.82. The zero-order valence-electron chi connectivity index (χ0n) is 26.5. The molecule has 1 aliphatic rings. The Morgan fingerprint density at radius 2 is 1.40 bits per heavy atom. The molecule has 0 unspecified atom stereocenters. The van der Waals surface area contributed by atoms with Crippen molar-refractivity contribution in [2.45, 2.75) is 37.2 Å². The Morgan fingerprint density at radius 3 is 1.82 bits per heavy atom. The topological polar surface area (TPSA) is 58.1 Å². The summed E-state index contributed by atoms with van der Waals surface area (Å²) in [6, 6.07) is 3.97. The summed E-state index contributed by atoms with van der Waals surface area (Å²) in [5, 5.41) is -1.41. The first kappa shape index (κ1) is 33.2. The van der Waals surface area contributed by atoms with Gasteiger partial charge in [0, 0.05) is 29.8 Å². The van der Waals surface area contributed by atoms with Crippen molar-refractivity contribution in [2.24, 2.45) is 0 Å². The molecule has 21 heteroatoms. The molecule has 1 aromatic heterocycles. The van der Waals surface area contributed by atoms with Crippen LogP contribution in [0.4, 0.5) is 8.78 Å². The van der Waals surface area contributed by atoms with Crippen molar-refractivity contribution < 1.29 is 13.6 Å². The largest absolute Gasteiger partial charge is 0.361 e. The molecule has 2 aromatic rings. The van der Waals surface area contributed by atoms with Crippen LogP contribution in [0.25, 0.3) is 0 Å². The third-order valence-electron chi connectivity index (χ3n) is 10.4. The number of nitrogens with zero attached hydrogens (tertiary/aromatic N) is 3. The van der Waals surface area contributed by atoms with Crippen LogP contribution in [0.2, 0.25) is 15.5 Å². The third kappa shape index (κ3) is 5.01. The molecule has 0 radical (unpaired) electrons. The van der Waals surface area contributed by atoms with Crippen molar-refractivity contribution in [3.8, 4) is 0 Å². The maximum atomic E-state index is 18.0. The lowest BCUT2D eigenvalue weighted by atomic mass is 9.15. The number of rotatable bonds is 6. The number of carbonyl (C=O) groups is 1. The van der Waals surface area contributed by atoms with Gasteiger partial charge in [-0.2, -0.15) is 0 Å². The average molecular weight is 549 g/mol. The lowest BCUT2D eigenvalue weighted by molar-refractivity contribution is -0.0196. The molecule has 0 saturated carbocycles. The van der Waals surface area contributed by atoms with E-state index < -0.39 is 37.9 Å². The number of amides is 1. The minimum atomic E-state index is -1.78. The van der Waals surface area contributed by atoms with Crippen molar-refractivity contribution in [1.82, 2.24) is 20.2 Å². The lowest BCUT2D eigenvalue weighted by Gasteiger charge is -2.74. The molecule has 0 atom stereocenters. The smallest absolute Gasteiger partial charge is 0.252 e. The highest BCUT2D eigenvalue weighted by Crippen LogP contribution is 2.64. The van der Waals surface area contributed by atoms with Gasteiger partial charge >= 0.3 is 0 Å². The highest BCUT2D eigenvalue weighted by molar-refractivity contribution is 6.62. The summed E-state index contributed by atoms with van der Waals surface area (Å²) >= 11 is 6.04. The molecular weight excluding hydrogens is 514 g/mol. The maximum Gasteiger partial charge on any atom is 0.252 e. The van der Waals surface area contributed by atoms with Crippen LogP contribution in [0.15, 0.2) is 30.6 Å². The maximum absolute atomic E-state index is 18.0. The predicted octanol–water partition coefficient (Wildman–Crippen LogP) is -10.3. The molecule has 1 N–H and O–H groups in total. The van der Waals surface area contributed by atoms with Gasteiger partial charge in [-0.15, -0.1) is 0 Å². The molecule has 0 bridgehead atoms. The summed E-state index contributed by atoms with van der Waals surface area (Å²) in [6.07, 6.45) is 3.67. The second-order valence-corrected chi connectivity index (χ2v) is 15.4. The number of hydrogen-bond acceptors (Lipinski definition) is 4. The first-order valence-corrected chi connectivity index (χ1v) is 14.3. The van der Waals surface area contributed by atoms with Gasteiger partial charge in [-0.3, -0.25) is 4.79 Å². The summed E-state index contributed by atoms with van der Waals surface area (Å²) in [5.74, 6) is -0.329. The van der Waals surface area contributed by atoms with Gasteiger partial charge in [0.05, 0.1) is 28.6 Å². The van der Waals surface area contributed by atoms with Gasteiger partial charge in [-0.25, -0.2) is 18.7 Å². The van der Waals surface area contributed by atoms with Crippen LogP contribution in [-0.2, 0) is 10.5 Å². The molecule has 3 rings (SSSR count). The van der Waals surface area contributed by atoms with E-state index >= 15 is 4.39 Å². The van der Waals surface area contributed by atoms with Crippen molar-refractivity contribution in [2.75, 3.05) is 6.54 Å². The van der Waals surface area contributed by atoms with Crippen molar-refractivity contribution in [3.05, 3.63) is 58.4 Å². The normalized spacial score (nSPS) is 20.9. The fraction of sp³-hybridized carbons (Fsp3) is 0.421. The summed E-state index contributed by atoms with van der Waals surface area (Å²) in [6.45, 7) is 0.0155. The third-order valence-corrected chi connectivity index (χ3v) is 10.7. The van der Waals surface area contributed by atoms with E-state index in [0.717, 1.165) is 5.56 Å². The van der Waals surface area contributed by atoms with E-state index in [4.69, 9.17) is 11.6 Å². The second kappa shape index (κ2) is 10.2. The van der Waals surface area contributed by atoms with Crippen molar-refractivity contribution in [3.63, 3.8) is 0 Å². The number of piperidine rings is 1. The number of nitrogens with one attached hydrogen (secondary N) is 1. The van der Waals surface area contributed by atoms with Gasteiger partial charge in [-0.1, -0.05) is 16.7 Å². The van der Waals surface area contributed by atoms with E-state index in [1.165, 1.54) is 18.2 Å². The minimum absolute atomic E-state index is 0.0155. The molecular formula is C19H34B13ClF2N4O. The highest BCUT2D eigenvalue weighted by Gasteiger charge is 2.71. The van der Waals surface area contributed by atoms with E-state index in [1.807, 2.05) is 90.9 Å². The Morgan fingerprint density at radius 1 is 0.925 bits per heavy atom. The van der Waals surface area contributed by atoms with E-state index in [1.54, 1.807) is 4.90 Å². The monoisotopic (exact) mass is 550 g/mol. The Kier molecular flexibility index (Phi) is 8.45. The number of carbonyl (C=O) groups excluding carboxylic acids is 1. The summed E-state index contributed by atoms with van der Waals surface area (Å²) in [7, 11) is 25.4. The van der Waals surface area contributed by atoms with Gasteiger partial charge in [0.15, 0.2) is 0 Å². The fourth-order valence-corrected chi connectivity index (χ4v) is 6.36. The van der Waals surface area contributed by atoms with Crippen LogP contribution < -0.4 is 5.32 Å². The zero-order chi connectivity index (χ0) is 30.9. The molecule has 0 aliphatic carbocycles.